The minimum atomic E-state index is -0.563. The SMILES string of the molecule is COc1cc(C)c(C(O)Cc2cccc(C)c2)cc1OC. The smallest absolute Gasteiger partial charge is 0.161 e. The Bertz CT molecular complexity index is 620. The molecule has 0 amide bonds. The highest BCUT2D eigenvalue weighted by Gasteiger charge is 2.15. The van der Waals surface area contributed by atoms with E-state index in [0.29, 0.717) is 17.9 Å². The third-order valence-electron chi connectivity index (χ3n) is 3.64. The summed E-state index contributed by atoms with van der Waals surface area (Å²) in [5, 5.41) is 10.5. The fourth-order valence-corrected chi connectivity index (χ4v) is 2.53. The highest BCUT2D eigenvalue weighted by Crippen LogP contribution is 2.33. The Labute approximate surface area is 126 Å². The van der Waals surface area contributed by atoms with Crippen LogP contribution in [0.2, 0.25) is 0 Å². The number of aliphatic hydroxyl groups is 1. The second-order valence-electron chi connectivity index (χ2n) is 5.27. The van der Waals surface area contributed by atoms with Gasteiger partial charge < -0.3 is 14.6 Å². The maximum Gasteiger partial charge on any atom is 0.161 e. The highest BCUT2D eigenvalue weighted by atomic mass is 16.5. The Morgan fingerprint density at radius 2 is 1.67 bits per heavy atom. The Balaban J connectivity index is 2.28. The van der Waals surface area contributed by atoms with Crippen LogP contribution in [0.1, 0.15) is 28.4 Å². The Kier molecular flexibility index (Phi) is 4.86. The van der Waals surface area contributed by atoms with E-state index in [1.807, 2.05) is 31.2 Å². The van der Waals surface area contributed by atoms with Crippen LogP contribution in [0.25, 0.3) is 0 Å². The van der Waals surface area contributed by atoms with E-state index in [9.17, 15) is 5.11 Å². The second kappa shape index (κ2) is 6.64. The summed E-state index contributed by atoms with van der Waals surface area (Å²) < 4.78 is 10.6. The molecule has 0 saturated carbocycles. The molecular weight excluding hydrogens is 264 g/mol. The number of methoxy groups -OCH3 is 2. The van der Waals surface area contributed by atoms with Gasteiger partial charge in [-0.2, -0.15) is 0 Å². The van der Waals surface area contributed by atoms with E-state index in [-0.39, 0.29) is 0 Å². The van der Waals surface area contributed by atoms with Crippen molar-refractivity contribution < 1.29 is 14.6 Å². The number of benzene rings is 2. The van der Waals surface area contributed by atoms with Crippen molar-refractivity contribution in [2.24, 2.45) is 0 Å². The molecule has 0 spiro atoms. The molecule has 21 heavy (non-hydrogen) atoms. The lowest BCUT2D eigenvalue weighted by molar-refractivity contribution is 0.177. The monoisotopic (exact) mass is 286 g/mol. The van der Waals surface area contributed by atoms with Crippen molar-refractivity contribution in [2.45, 2.75) is 26.4 Å². The summed E-state index contributed by atoms with van der Waals surface area (Å²) in [7, 11) is 3.21. The van der Waals surface area contributed by atoms with Gasteiger partial charge in [-0.15, -0.1) is 0 Å². The topological polar surface area (TPSA) is 38.7 Å². The number of hydrogen-bond donors (Lipinski definition) is 1. The van der Waals surface area contributed by atoms with Gasteiger partial charge in [-0.1, -0.05) is 29.8 Å². The zero-order valence-electron chi connectivity index (χ0n) is 13.0. The van der Waals surface area contributed by atoms with Gasteiger partial charge in [0.1, 0.15) is 0 Å². The first-order valence-electron chi connectivity index (χ1n) is 7.01. The largest absolute Gasteiger partial charge is 0.493 e. The number of aliphatic hydroxyl groups excluding tert-OH is 1. The van der Waals surface area contributed by atoms with Gasteiger partial charge in [0.15, 0.2) is 11.5 Å². The van der Waals surface area contributed by atoms with Gasteiger partial charge in [-0.3, -0.25) is 0 Å². The molecule has 0 aliphatic carbocycles. The number of ether oxygens (including phenoxy) is 2. The number of hydrogen-bond acceptors (Lipinski definition) is 3. The second-order valence-corrected chi connectivity index (χ2v) is 5.27. The molecule has 1 N–H and O–H groups in total. The van der Waals surface area contributed by atoms with Gasteiger partial charge in [0.2, 0.25) is 0 Å². The molecular formula is C18H22O3. The van der Waals surface area contributed by atoms with Gasteiger partial charge in [-0.25, -0.2) is 0 Å². The van der Waals surface area contributed by atoms with Crippen LogP contribution in [0, 0.1) is 13.8 Å². The van der Waals surface area contributed by atoms with Crippen LogP contribution in [0.3, 0.4) is 0 Å². The van der Waals surface area contributed by atoms with Crippen LogP contribution in [0.4, 0.5) is 0 Å². The van der Waals surface area contributed by atoms with Gasteiger partial charge in [-0.05, 0) is 42.7 Å². The van der Waals surface area contributed by atoms with E-state index >= 15 is 0 Å². The van der Waals surface area contributed by atoms with Crippen molar-refractivity contribution in [1.82, 2.24) is 0 Å². The van der Waals surface area contributed by atoms with Crippen molar-refractivity contribution in [3.8, 4) is 11.5 Å². The summed E-state index contributed by atoms with van der Waals surface area (Å²) in [5.74, 6) is 1.32. The van der Waals surface area contributed by atoms with Crippen LogP contribution in [0.15, 0.2) is 36.4 Å². The maximum atomic E-state index is 10.5. The lowest BCUT2D eigenvalue weighted by atomic mass is 9.96. The average molecular weight is 286 g/mol. The standard InChI is InChI=1S/C18H22O3/c1-12-6-5-7-14(8-12)10-16(19)15-11-18(21-4)17(20-3)9-13(15)2/h5-9,11,16,19H,10H2,1-4H3. The van der Waals surface area contributed by atoms with E-state index < -0.39 is 6.10 Å². The van der Waals surface area contributed by atoms with Crippen LogP contribution in [-0.2, 0) is 6.42 Å². The normalized spacial score (nSPS) is 12.0. The Hall–Kier alpha value is -2.00. The quantitative estimate of drug-likeness (QED) is 0.912. The van der Waals surface area contributed by atoms with Crippen molar-refractivity contribution in [3.63, 3.8) is 0 Å². The summed E-state index contributed by atoms with van der Waals surface area (Å²) in [6.07, 6.45) is 0.0180. The van der Waals surface area contributed by atoms with E-state index in [1.165, 1.54) is 5.56 Å². The summed E-state index contributed by atoms with van der Waals surface area (Å²) in [4.78, 5) is 0. The van der Waals surface area contributed by atoms with E-state index in [2.05, 4.69) is 19.1 Å². The molecule has 112 valence electrons. The van der Waals surface area contributed by atoms with Crippen LogP contribution in [0.5, 0.6) is 11.5 Å². The third-order valence-corrected chi connectivity index (χ3v) is 3.64. The fourth-order valence-electron chi connectivity index (χ4n) is 2.53. The summed E-state index contributed by atoms with van der Waals surface area (Å²) >= 11 is 0. The zero-order valence-corrected chi connectivity index (χ0v) is 13.0. The molecule has 0 heterocycles. The predicted octanol–water partition coefficient (Wildman–Crippen LogP) is 3.60. The minimum Gasteiger partial charge on any atom is -0.493 e. The van der Waals surface area contributed by atoms with Crippen molar-refractivity contribution in [2.75, 3.05) is 14.2 Å². The molecule has 3 nitrogen and oxygen atoms in total. The lowest BCUT2D eigenvalue weighted by Crippen LogP contribution is -2.05. The minimum absolute atomic E-state index is 0.563. The molecule has 0 bridgehead atoms. The predicted molar refractivity (Wildman–Crippen MR) is 84.1 cm³/mol. The first-order valence-corrected chi connectivity index (χ1v) is 7.01. The number of aryl methyl sites for hydroxylation is 2. The summed E-state index contributed by atoms with van der Waals surface area (Å²) in [6.45, 7) is 4.02. The molecule has 0 aliphatic heterocycles. The third kappa shape index (κ3) is 3.56. The van der Waals surface area contributed by atoms with E-state index in [1.54, 1.807) is 14.2 Å². The molecule has 3 heteroatoms. The average Bonchev–Trinajstić information content (AvgIpc) is 2.46. The molecule has 0 radical (unpaired) electrons. The number of rotatable bonds is 5. The lowest BCUT2D eigenvalue weighted by Gasteiger charge is -2.17. The molecule has 1 atom stereocenters. The Morgan fingerprint density at radius 3 is 2.29 bits per heavy atom. The summed E-state index contributed by atoms with van der Waals surface area (Å²) in [5.41, 5.74) is 4.18. The van der Waals surface area contributed by atoms with Crippen LogP contribution in [-0.4, -0.2) is 19.3 Å². The highest BCUT2D eigenvalue weighted by molar-refractivity contribution is 5.48. The van der Waals surface area contributed by atoms with Crippen LogP contribution >= 0.6 is 0 Å². The molecule has 0 saturated heterocycles. The summed E-state index contributed by atoms with van der Waals surface area (Å²) in [6, 6.07) is 11.9. The first kappa shape index (κ1) is 15.4. The Morgan fingerprint density at radius 1 is 1.00 bits per heavy atom. The molecule has 2 aromatic rings. The maximum absolute atomic E-state index is 10.5. The molecule has 2 rings (SSSR count). The zero-order chi connectivity index (χ0) is 15.4. The van der Waals surface area contributed by atoms with Gasteiger partial charge in [0.05, 0.1) is 20.3 Å². The van der Waals surface area contributed by atoms with E-state index in [0.717, 1.165) is 16.7 Å². The van der Waals surface area contributed by atoms with Crippen molar-refractivity contribution >= 4 is 0 Å². The van der Waals surface area contributed by atoms with Gasteiger partial charge >= 0.3 is 0 Å². The molecule has 1 unspecified atom stereocenters. The van der Waals surface area contributed by atoms with Crippen molar-refractivity contribution in [3.05, 3.63) is 58.7 Å². The van der Waals surface area contributed by atoms with E-state index in [4.69, 9.17) is 9.47 Å². The molecule has 0 fully saturated rings. The fraction of sp³-hybridized carbons (Fsp3) is 0.333. The molecule has 0 aliphatic rings. The molecule has 0 aromatic heterocycles. The van der Waals surface area contributed by atoms with Gasteiger partial charge in [0.25, 0.3) is 0 Å². The first-order chi connectivity index (χ1) is 10.0. The van der Waals surface area contributed by atoms with Crippen LogP contribution < -0.4 is 9.47 Å². The van der Waals surface area contributed by atoms with Gasteiger partial charge in [0, 0.05) is 6.42 Å². The molecule has 2 aromatic carbocycles. The van der Waals surface area contributed by atoms with Crippen molar-refractivity contribution in [1.29, 1.82) is 0 Å².